The Bertz CT molecular complexity index is 1180. The van der Waals surface area contributed by atoms with Crippen molar-refractivity contribution >= 4 is 16.9 Å². The van der Waals surface area contributed by atoms with Gasteiger partial charge in [0.05, 0.1) is 10.8 Å². The third kappa shape index (κ3) is 4.36. The number of carbonyl (C=O) groups excluding carboxylic acids is 1. The van der Waals surface area contributed by atoms with Gasteiger partial charge in [-0.25, -0.2) is 0 Å². The second-order valence-corrected chi connectivity index (χ2v) is 9.62. The highest BCUT2D eigenvalue weighted by molar-refractivity contribution is 6.10. The van der Waals surface area contributed by atoms with Crippen LogP contribution in [0.2, 0.25) is 0 Å². The Morgan fingerprint density at radius 3 is 1.25 bits per heavy atom. The molecule has 2 atom stereocenters. The molecule has 0 amide bonds. The maximum absolute atomic E-state index is 14.3. The minimum Gasteiger partial charge on any atom is -0.289 e. The summed E-state index contributed by atoms with van der Waals surface area (Å²) in [6.07, 6.45) is -5.56. The van der Waals surface area contributed by atoms with E-state index in [0.29, 0.717) is 11.1 Å². The molecule has 0 aromatic heterocycles. The van der Waals surface area contributed by atoms with Crippen LogP contribution >= 0.6 is 0 Å². The van der Waals surface area contributed by atoms with E-state index < -0.39 is 41.8 Å². The third-order valence-corrected chi connectivity index (χ3v) is 7.18. The molecular formula is C29H24F6O. The molecule has 0 bridgehead atoms. The van der Waals surface area contributed by atoms with Crippen LogP contribution < -0.4 is 0 Å². The molecule has 36 heavy (non-hydrogen) atoms. The first kappa shape index (κ1) is 25.7. The first-order chi connectivity index (χ1) is 16.8. The fourth-order valence-electron chi connectivity index (χ4n) is 4.89. The zero-order valence-electron chi connectivity index (χ0n) is 19.7. The van der Waals surface area contributed by atoms with Crippen LogP contribution in [0.4, 0.5) is 26.3 Å². The minimum atomic E-state index is -4.68. The van der Waals surface area contributed by atoms with Gasteiger partial charge in [0.1, 0.15) is 0 Å². The van der Waals surface area contributed by atoms with Gasteiger partial charge in [-0.2, -0.15) is 26.3 Å². The number of alkyl halides is 6. The van der Waals surface area contributed by atoms with E-state index in [2.05, 4.69) is 0 Å². The lowest BCUT2D eigenvalue weighted by Gasteiger charge is -2.39. The molecule has 0 N–H and O–H groups in total. The van der Waals surface area contributed by atoms with E-state index >= 15 is 0 Å². The third-order valence-electron chi connectivity index (χ3n) is 7.18. The molecule has 0 heterocycles. The second kappa shape index (κ2) is 8.95. The Morgan fingerprint density at radius 2 is 0.944 bits per heavy atom. The van der Waals surface area contributed by atoms with Crippen LogP contribution in [0.5, 0.6) is 0 Å². The quantitative estimate of drug-likeness (QED) is 0.383. The number of hydrogen-bond acceptors (Lipinski definition) is 1. The predicted molar refractivity (Wildman–Crippen MR) is 128 cm³/mol. The van der Waals surface area contributed by atoms with Crippen LogP contribution in [-0.4, -0.2) is 18.1 Å². The molecule has 0 saturated carbocycles. The Morgan fingerprint density at radius 1 is 0.611 bits per heavy atom. The molecule has 4 rings (SSSR count). The van der Waals surface area contributed by atoms with Crippen LogP contribution in [0.3, 0.4) is 0 Å². The van der Waals surface area contributed by atoms with E-state index in [1.54, 1.807) is 60.7 Å². The summed E-state index contributed by atoms with van der Waals surface area (Å²) in [7, 11) is 0. The van der Waals surface area contributed by atoms with E-state index in [1.807, 2.05) is 0 Å². The molecular weight excluding hydrogens is 478 g/mol. The summed E-state index contributed by atoms with van der Waals surface area (Å²) < 4.78 is 85.8. The van der Waals surface area contributed by atoms with Crippen molar-refractivity contribution in [3.05, 3.63) is 107 Å². The van der Waals surface area contributed by atoms with E-state index in [1.165, 1.54) is 24.3 Å². The van der Waals surface area contributed by atoms with Gasteiger partial charge < -0.3 is 0 Å². The lowest BCUT2D eigenvalue weighted by molar-refractivity contribution is -0.195. The van der Waals surface area contributed by atoms with Gasteiger partial charge in [-0.1, -0.05) is 85.0 Å². The van der Waals surface area contributed by atoms with Crippen molar-refractivity contribution in [2.24, 2.45) is 10.8 Å². The molecule has 0 aliphatic heterocycles. The van der Waals surface area contributed by atoms with Crippen LogP contribution in [0.15, 0.2) is 96.1 Å². The molecule has 2 aromatic rings. The summed E-state index contributed by atoms with van der Waals surface area (Å²) >= 11 is 0. The van der Waals surface area contributed by atoms with Gasteiger partial charge in [-0.05, 0) is 49.0 Å². The summed E-state index contributed by atoms with van der Waals surface area (Å²) in [6.45, 7) is 2.04. The maximum atomic E-state index is 14.3. The van der Waals surface area contributed by atoms with Crippen LogP contribution in [-0.2, 0) is 4.79 Å². The van der Waals surface area contributed by atoms with Gasteiger partial charge in [0.2, 0.25) is 0 Å². The van der Waals surface area contributed by atoms with Crippen molar-refractivity contribution in [1.29, 1.82) is 0 Å². The highest BCUT2D eigenvalue weighted by atomic mass is 19.4. The van der Waals surface area contributed by atoms with Crippen LogP contribution in [0.25, 0.3) is 11.1 Å². The summed E-state index contributed by atoms with van der Waals surface area (Å²) in [4.78, 5) is 13.3. The Balaban J connectivity index is 1.76. The highest BCUT2D eigenvalue weighted by Gasteiger charge is 2.57. The lowest BCUT2D eigenvalue weighted by Crippen LogP contribution is -2.40. The molecule has 1 nitrogen and oxygen atoms in total. The van der Waals surface area contributed by atoms with Crippen molar-refractivity contribution in [1.82, 2.24) is 0 Å². The molecule has 2 aliphatic carbocycles. The van der Waals surface area contributed by atoms with Crippen molar-refractivity contribution < 1.29 is 31.1 Å². The Kier molecular flexibility index (Phi) is 6.40. The number of allylic oxidation sites excluding steroid dienone is 8. The molecule has 2 unspecified atom stereocenters. The SMILES string of the molecule is CC1(C(F)(F)F)CC(C(=O)C2=CC=C(c3ccccc3)C(C)(C(F)(F)F)C2)=CC=C1c1ccccc1. The number of halogens is 6. The van der Waals surface area contributed by atoms with Crippen molar-refractivity contribution in [2.45, 2.75) is 39.0 Å². The Hall–Kier alpha value is -3.35. The first-order valence-electron chi connectivity index (χ1n) is 11.4. The molecule has 0 radical (unpaired) electrons. The molecule has 188 valence electrons. The topological polar surface area (TPSA) is 17.1 Å². The zero-order valence-corrected chi connectivity index (χ0v) is 19.7. The molecule has 0 fully saturated rings. The van der Waals surface area contributed by atoms with Gasteiger partial charge in [0, 0.05) is 11.1 Å². The van der Waals surface area contributed by atoms with Gasteiger partial charge >= 0.3 is 12.4 Å². The summed E-state index contributed by atoms with van der Waals surface area (Å²) in [6, 6.07) is 16.1. The van der Waals surface area contributed by atoms with Crippen molar-refractivity contribution in [3.8, 4) is 0 Å². The van der Waals surface area contributed by atoms with E-state index in [9.17, 15) is 31.1 Å². The van der Waals surface area contributed by atoms with Gasteiger partial charge in [-0.3, -0.25) is 4.79 Å². The second-order valence-electron chi connectivity index (χ2n) is 9.62. The molecule has 2 aliphatic rings. The maximum Gasteiger partial charge on any atom is 0.398 e. The lowest BCUT2D eigenvalue weighted by atomic mass is 9.67. The normalized spacial score (nSPS) is 24.9. The van der Waals surface area contributed by atoms with Gasteiger partial charge in [0.25, 0.3) is 0 Å². The smallest absolute Gasteiger partial charge is 0.289 e. The molecule has 7 heteroatoms. The number of hydrogen-bond donors (Lipinski definition) is 0. The van der Waals surface area contributed by atoms with Gasteiger partial charge in [0.15, 0.2) is 5.78 Å². The average Bonchev–Trinajstić information content (AvgIpc) is 2.83. The van der Waals surface area contributed by atoms with Crippen molar-refractivity contribution in [3.63, 3.8) is 0 Å². The minimum absolute atomic E-state index is 0.0103. The number of carbonyl (C=O) groups is 1. The monoisotopic (exact) mass is 502 g/mol. The van der Waals surface area contributed by atoms with Crippen LogP contribution in [0.1, 0.15) is 37.8 Å². The Labute approximate surface area is 205 Å². The van der Waals surface area contributed by atoms with E-state index in [4.69, 9.17) is 0 Å². The number of ketones is 1. The van der Waals surface area contributed by atoms with Gasteiger partial charge in [-0.15, -0.1) is 0 Å². The van der Waals surface area contributed by atoms with Crippen LogP contribution in [0, 0.1) is 10.8 Å². The molecule has 0 spiro atoms. The first-order valence-corrected chi connectivity index (χ1v) is 11.4. The fraction of sp³-hybridized carbons (Fsp3) is 0.276. The zero-order chi connectivity index (χ0) is 26.4. The van der Waals surface area contributed by atoms with Crippen molar-refractivity contribution in [2.75, 3.05) is 0 Å². The number of Topliss-reactive ketones (excluding diaryl/α,β-unsaturated/α-hetero) is 1. The highest BCUT2D eigenvalue weighted by Crippen LogP contribution is 2.56. The summed E-state index contributed by atoms with van der Waals surface area (Å²) in [5.41, 5.74) is -4.31. The molecule has 2 aromatic carbocycles. The standard InChI is InChI=1S/C29H24F6O/c1-26(28(30,31)32)17-21(13-15-23(26)19-9-5-3-6-10-19)25(36)22-14-16-24(20-11-7-4-8-12-20)27(2,18-22)29(33,34)35/h3-16H,17-18H2,1-2H3. The largest absolute Gasteiger partial charge is 0.398 e. The molecule has 0 saturated heterocycles. The van der Waals surface area contributed by atoms with E-state index in [-0.39, 0.29) is 22.3 Å². The van der Waals surface area contributed by atoms with E-state index in [0.717, 1.165) is 13.8 Å². The summed E-state index contributed by atoms with van der Waals surface area (Å²) in [5.74, 6) is -0.798. The number of rotatable bonds is 4. The predicted octanol–water partition coefficient (Wildman–Crippen LogP) is 8.52. The fourth-order valence-corrected chi connectivity index (χ4v) is 4.89. The summed E-state index contributed by atoms with van der Waals surface area (Å²) in [5, 5.41) is 0. The number of benzene rings is 2. The average molecular weight is 502 g/mol.